The Kier molecular flexibility index (Phi) is 4.96. The molecule has 1 aliphatic rings. The number of aromatic nitrogens is 2. The van der Waals surface area contributed by atoms with E-state index in [0.29, 0.717) is 17.8 Å². The maximum atomic E-state index is 5.93. The van der Waals surface area contributed by atoms with Crippen molar-refractivity contribution in [3.63, 3.8) is 0 Å². The monoisotopic (exact) mass is 264 g/mol. The summed E-state index contributed by atoms with van der Waals surface area (Å²) in [4.78, 5) is 11.0. The molecule has 5 heteroatoms. The Labute approximate surface area is 115 Å². The molecule has 1 aromatic rings. The highest BCUT2D eigenvalue weighted by Gasteiger charge is 2.29. The van der Waals surface area contributed by atoms with Crippen LogP contribution in [-0.2, 0) is 0 Å². The Balaban J connectivity index is 2.21. The topological polar surface area (TPSA) is 64.3 Å². The standard InChI is InChI=1S/C14H24N4O/c1-3-18(12-7-5-4-6-11(12)8-15)13-9-16-10-14(17-13)19-2/h9-12H,3-8,15H2,1-2H3. The van der Waals surface area contributed by atoms with E-state index in [1.54, 1.807) is 13.3 Å². The lowest BCUT2D eigenvalue weighted by Crippen LogP contribution is -2.45. The molecule has 0 aromatic carbocycles. The van der Waals surface area contributed by atoms with Gasteiger partial charge >= 0.3 is 0 Å². The summed E-state index contributed by atoms with van der Waals surface area (Å²) >= 11 is 0. The molecule has 1 heterocycles. The van der Waals surface area contributed by atoms with Crippen molar-refractivity contribution in [1.29, 1.82) is 0 Å². The Morgan fingerprint density at radius 2 is 2.16 bits per heavy atom. The number of ether oxygens (including phenoxy) is 1. The van der Waals surface area contributed by atoms with Gasteiger partial charge in [0, 0.05) is 12.6 Å². The minimum atomic E-state index is 0.477. The van der Waals surface area contributed by atoms with E-state index in [9.17, 15) is 0 Å². The summed E-state index contributed by atoms with van der Waals surface area (Å²) < 4.78 is 5.17. The van der Waals surface area contributed by atoms with E-state index in [1.807, 2.05) is 6.20 Å². The fraction of sp³-hybridized carbons (Fsp3) is 0.714. The molecule has 106 valence electrons. The van der Waals surface area contributed by atoms with E-state index in [-0.39, 0.29) is 0 Å². The van der Waals surface area contributed by atoms with E-state index >= 15 is 0 Å². The molecule has 0 saturated heterocycles. The van der Waals surface area contributed by atoms with E-state index in [1.165, 1.54) is 25.7 Å². The highest BCUT2D eigenvalue weighted by Crippen LogP contribution is 2.30. The number of nitrogens with two attached hydrogens (primary N) is 1. The first-order valence-electron chi connectivity index (χ1n) is 7.12. The predicted octanol–water partition coefficient (Wildman–Crippen LogP) is 1.83. The molecule has 1 saturated carbocycles. The van der Waals surface area contributed by atoms with Gasteiger partial charge in [0.05, 0.1) is 19.5 Å². The Hall–Kier alpha value is -1.36. The zero-order valence-corrected chi connectivity index (χ0v) is 11.9. The van der Waals surface area contributed by atoms with Gasteiger partial charge in [-0.2, -0.15) is 4.98 Å². The lowest BCUT2D eigenvalue weighted by Gasteiger charge is -2.39. The maximum absolute atomic E-state index is 5.93. The van der Waals surface area contributed by atoms with Gasteiger partial charge in [0.2, 0.25) is 5.88 Å². The zero-order chi connectivity index (χ0) is 13.7. The van der Waals surface area contributed by atoms with Gasteiger partial charge in [-0.1, -0.05) is 12.8 Å². The van der Waals surface area contributed by atoms with Crippen molar-refractivity contribution in [1.82, 2.24) is 9.97 Å². The summed E-state index contributed by atoms with van der Waals surface area (Å²) in [7, 11) is 1.62. The molecular formula is C14H24N4O. The third kappa shape index (κ3) is 3.15. The number of anilines is 1. The van der Waals surface area contributed by atoms with Crippen LogP contribution in [0.15, 0.2) is 12.4 Å². The van der Waals surface area contributed by atoms with E-state index in [4.69, 9.17) is 10.5 Å². The van der Waals surface area contributed by atoms with Crippen molar-refractivity contribution >= 4 is 5.82 Å². The van der Waals surface area contributed by atoms with E-state index in [2.05, 4.69) is 21.8 Å². The molecule has 2 rings (SSSR count). The molecule has 0 radical (unpaired) electrons. The van der Waals surface area contributed by atoms with E-state index < -0.39 is 0 Å². The van der Waals surface area contributed by atoms with Crippen molar-refractivity contribution in [2.75, 3.05) is 25.1 Å². The van der Waals surface area contributed by atoms with Crippen molar-refractivity contribution in [3.8, 4) is 5.88 Å². The average molecular weight is 264 g/mol. The van der Waals surface area contributed by atoms with Crippen molar-refractivity contribution in [3.05, 3.63) is 12.4 Å². The van der Waals surface area contributed by atoms with Gasteiger partial charge in [-0.25, -0.2) is 0 Å². The first-order chi connectivity index (χ1) is 9.30. The second-order valence-electron chi connectivity index (χ2n) is 5.05. The highest BCUT2D eigenvalue weighted by atomic mass is 16.5. The second-order valence-corrected chi connectivity index (χ2v) is 5.05. The number of rotatable bonds is 5. The van der Waals surface area contributed by atoms with Gasteiger partial charge in [-0.3, -0.25) is 4.98 Å². The quantitative estimate of drug-likeness (QED) is 0.879. The van der Waals surface area contributed by atoms with Crippen LogP contribution in [0.4, 0.5) is 5.82 Å². The van der Waals surface area contributed by atoms with Crippen LogP contribution in [0.3, 0.4) is 0 Å². The molecule has 2 atom stereocenters. The summed E-state index contributed by atoms with van der Waals surface area (Å²) in [6, 6.07) is 0.477. The van der Waals surface area contributed by atoms with Crippen LogP contribution in [-0.4, -0.2) is 36.2 Å². The van der Waals surface area contributed by atoms with Crippen LogP contribution >= 0.6 is 0 Å². The maximum Gasteiger partial charge on any atom is 0.233 e. The van der Waals surface area contributed by atoms with E-state index in [0.717, 1.165) is 18.9 Å². The lowest BCUT2D eigenvalue weighted by atomic mass is 9.83. The zero-order valence-electron chi connectivity index (χ0n) is 11.9. The molecule has 0 bridgehead atoms. The normalized spacial score (nSPS) is 23.1. The Morgan fingerprint density at radius 3 is 2.84 bits per heavy atom. The Bertz CT molecular complexity index is 399. The summed E-state index contributed by atoms with van der Waals surface area (Å²) in [6.45, 7) is 3.82. The van der Waals surface area contributed by atoms with Crippen LogP contribution < -0.4 is 15.4 Å². The fourth-order valence-electron chi connectivity index (χ4n) is 3.01. The lowest BCUT2D eigenvalue weighted by molar-refractivity contribution is 0.298. The fourth-order valence-corrected chi connectivity index (χ4v) is 3.01. The van der Waals surface area contributed by atoms with Gasteiger partial charge in [0.15, 0.2) is 5.82 Å². The molecule has 0 spiro atoms. The second kappa shape index (κ2) is 6.70. The molecule has 2 N–H and O–H groups in total. The number of hydrogen-bond donors (Lipinski definition) is 1. The van der Waals surface area contributed by atoms with Gasteiger partial charge in [0.25, 0.3) is 0 Å². The molecular weight excluding hydrogens is 240 g/mol. The Morgan fingerprint density at radius 1 is 1.37 bits per heavy atom. The molecule has 5 nitrogen and oxygen atoms in total. The average Bonchev–Trinajstić information content (AvgIpc) is 2.49. The SMILES string of the molecule is CCN(c1cncc(OC)n1)C1CCCCC1CN. The van der Waals surface area contributed by atoms with Gasteiger partial charge in [0.1, 0.15) is 0 Å². The molecule has 1 aromatic heterocycles. The molecule has 2 unspecified atom stereocenters. The predicted molar refractivity (Wildman–Crippen MR) is 76.4 cm³/mol. The van der Waals surface area contributed by atoms with Gasteiger partial charge in [-0.05, 0) is 32.2 Å². The third-order valence-electron chi connectivity index (χ3n) is 4.02. The van der Waals surface area contributed by atoms with Crippen molar-refractivity contribution < 1.29 is 4.74 Å². The minimum absolute atomic E-state index is 0.477. The molecule has 1 aliphatic carbocycles. The smallest absolute Gasteiger partial charge is 0.233 e. The summed E-state index contributed by atoms with van der Waals surface area (Å²) in [5.41, 5.74) is 5.93. The van der Waals surface area contributed by atoms with Crippen molar-refractivity contribution in [2.45, 2.75) is 38.6 Å². The van der Waals surface area contributed by atoms with Crippen LogP contribution in [0.5, 0.6) is 5.88 Å². The molecule has 19 heavy (non-hydrogen) atoms. The van der Waals surface area contributed by atoms with Crippen molar-refractivity contribution in [2.24, 2.45) is 11.7 Å². The first-order valence-corrected chi connectivity index (χ1v) is 7.12. The summed E-state index contributed by atoms with van der Waals surface area (Å²) in [6.07, 6.45) is 8.42. The molecule has 1 fully saturated rings. The summed E-state index contributed by atoms with van der Waals surface area (Å²) in [5, 5.41) is 0. The highest BCUT2D eigenvalue weighted by molar-refractivity contribution is 5.39. The van der Waals surface area contributed by atoms with Crippen LogP contribution in [0.25, 0.3) is 0 Å². The largest absolute Gasteiger partial charge is 0.480 e. The van der Waals surface area contributed by atoms with Gasteiger partial charge < -0.3 is 15.4 Å². The first kappa shape index (κ1) is 14.1. The molecule has 0 aliphatic heterocycles. The van der Waals surface area contributed by atoms with Crippen LogP contribution in [0.1, 0.15) is 32.6 Å². The molecule has 0 amide bonds. The minimum Gasteiger partial charge on any atom is -0.480 e. The number of hydrogen-bond acceptors (Lipinski definition) is 5. The summed E-state index contributed by atoms with van der Waals surface area (Å²) in [5.74, 6) is 2.02. The number of nitrogens with zero attached hydrogens (tertiary/aromatic N) is 3. The third-order valence-corrected chi connectivity index (χ3v) is 4.02. The number of methoxy groups -OCH3 is 1. The van der Waals surface area contributed by atoms with Gasteiger partial charge in [-0.15, -0.1) is 0 Å². The van der Waals surface area contributed by atoms with Crippen LogP contribution in [0.2, 0.25) is 0 Å². The van der Waals surface area contributed by atoms with Crippen LogP contribution in [0, 0.1) is 5.92 Å².